The second-order valence-electron chi connectivity index (χ2n) is 6.92. The highest BCUT2D eigenvalue weighted by atomic mass is 32.2. The molecule has 3 rings (SSSR count). The minimum absolute atomic E-state index is 0.112. The molecule has 0 saturated carbocycles. The molecule has 172 valence electrons. The van der Waals surface area contributed by atoms with E-state index in [0.717, 1.165) is 12.1 Å². The first-order chi connectivity index (χ1) is 14.8. The Hall–Kier alpha value is -2.98. The van der Waals surface area contributed by atoms with E-state index < -0.39 is 50.4 Å². The zero-order valence-corrected chi connectivity index (χ0v) is 16.9. The van der Waals surface area contributed by atoms with Crippen molar-refractivity contribution in [3.8, 4) is 11.8 Å². The lowest BCUT2D eigenvalue weighted by Crippen LogP contribution is -2.37. The van der Waals surface area contributed by atoms with E-state index in [2.05, 4.69) is 9.46 Å². The Morgan fingerprint density at radius 3 is 2.44 bits per heavy atom. The Morgan fingerprint density at radius 1 is 1.09 bits per heavy atom. The van der Waals surface area contributed by atoms with Crippen molar-refractivity contribution >= 4 is 15.7 Å². The van der Waals surface area contributed by atoms with E-state index >= 15 is 0 Å². The topological polar surface area (TPSA) is 82.4 Å². The summed E-state index contributed by atoms with van der Waals surface area (Å²) in [6, 6.07) is 7.82. The Labute approximate surface area is 179 Å². The molecule has 1 N–H and O–H groups in total. The molecule has 2 aromatic carbocycles. The molecule has 0 amide bonds. The fraction of sp³-hybridized carbons (Fsp3) is 0.316. The van der Waals surface area contributed by atoms with Crippen molar-refractivity contribution in [3.63, 3.8) is 0 Å². The van der Waals surface area contributed by atoms with Crippen molar-refractivity contribution < 1.29 is 39.5 Å². The highest BCUT2D eigenvalue weighted by Gasteiger charge is 2.35. The predicted octanol–water partition coefficient (Wildman–Crippen LogP) is 4.03. The van der Waals surface area contributed by atoms with Crippen molar-refractivity contribution in [1.29, 1.82) is 5.26 Å². The van der Waals surface area contributed by atoms with Gasteiger partial charge in [0.25, 0.3) is 0 Å². The first kappa shape index (κ1) is 23.7. The van der Waals surface area contributed by atoms with Crippen molar-refractivity contribution in [1.82, 2.24) is 4.72 Å². The summed E-state index contributed by atoms with van der Waals surface area (Å²) >= 11 is 0. The summed E-state index contributed by atoms with van der Waals surface area (Å²) in [6.07, 6.45) is -9.36. The van der Waals surface area contributed by atoms with Crippen molar-refractivity contribution in [2.75, 3.05) is 18.0 Å². The molecule has 0 bridgehead atoms. The number of nitriles is 1. The Balaban J connectivity index is 1.73. The van der Waals surface area contributed by atoms with Gasteiger partial charge in [-0.05, 0) is 36.8 Å². The van der Waals surface area contributed by atoms with E-state index in [4.69, 9.17) is 5.26 Å². The van der Waals surface area contributed by atoms with Gasteiger partial charge in [0.15, 0.2) is 0 Å². The quantitative estimate of drug-likeness (QED) is 0.655. The van der Waals surface area contributed by atoms with Gasteiger partial charge in [-0.25, -0.2) is 13.1 Å². The average molecular weight is 479 g/mol. The van der Waals surface area contributed by atoms with Crippen LogP contribution in [0.15, 0.2) is 47.4 Å². The van der Waals surface area contributed by atoms with Gasteiger partial charge >= 0.3 is 12.5 Å². The van der Waals surface area contributed by atoms with E-state index in [1.54, 1.807) is 4.90 Å². The summed E-state index contributed by atoms with van der Waals surface area (Å²) < 4.78 is 107. The Kier molecular flexibility index (Phi) is 6.30. The molecule has 1 aliphatic rings. The maximum Gasteiger partial charge on any atom is 0.573 e. The fourth-order valence-corrected chi connectivity index (χ4v) is 4.57. The summed E-state index contributed by atoms with van der Waals surface area (Å²) in [6.45, 7) is 0.430. The fourth-order valence-electron chi connectivity index (χ4n) is 3.29. The molecule has 1 aliphatic heterocycles. The van der Waals surface area contributed by atoms with Crippen LogP contribution in [0.2, 0.25) is 0 Å². The first-order valence-electron chi connectivity index (χ1n) is 9.03. The molecule has 0 aliphatic carbocycles. The zero-order chi connectivity index (χ0) is 23.7. The van der Waals surface area contributed by atoms with Gasteiger partial charge in [-0.2, -0.15) is 18.4 Å². The molecule has 1 atom stereocenters. The van der Waals surface area contributed by atoms with Crippen LogP contribution in [0.1, 0.15) is 17.5 Å². The molecule has 1 heterocycles. The van der Waals surface area contributed by atoms with Crippen LogP contribution in [0.4, 0.5) is 32.0 Å². The van der Waals surface area contributed by atoms with E-state index in [-0.39, 0.29) is 6.54 Å². The minimum Gasteiger partial charge on any atom is -0.406 e. The third kappa shape index (κ3) is 5.63. The van der Waals surface area contributed by atoms with Crippen LogP contribution in [-0.2, 0) is 16.2 Å². The minimum atomic E-state index is -4.86. The zero-order valence-electron chi connectivity index (χ0n) is 16.0. The van der Waals surface area contributed by atoms with E-state index in [0.29, 0.717) is 30.8 Å². The maximum atomic E-state index is 12.9. The van der Waals surface area contributed by atoms with Crippen LogP contribution in [0.3, 0.4) is 0 Å². The van der Waals surface area contributed by atoms with Crippen molar-refractivity contribution in [2.45, 2.75) is 29.9 Å². The molecule has 1 unspecified atom stereocenters. The Bertz CT molecular complexity index is 1140. The lowest BCUT2D eigenvalue weighted by atomic mass is 10.1. The third-order valence-electron chi connectivity index (χ3n) is 4.65. The van der Waals surface area contributed by atoms with Crippen LogP contribution < -0.4 is 14.4 Å². The number of anilines is 1. The lowest BCUT2D eigenvalue weighted by Gasteiger charge is -2.20. The van der Waals surface area contributed by atoms with Crippen molar-refractivity contribution in [3.05, 3.63) is 53.6 Å². The molecule has 1 saturated heterocycles. The van der Waals surface area contributed by atoms with Gasteiger partial charge in [0.2, 0.25) is 10.0 Å². The van der Waals surface area contributed by atoms with Crippen LogP contribution in [0, 0.1) is 11.3 Å². The molecule has 32 heavy (non-hydrogen) atoms. The van der Waals surface area contributed by atoms with Crippen LogP contribution in [-0.4, -0.2) is 33.9 Å². The van der Waals surface area contributed by atoms with Gasteiger partial charge in [-0.3, -0.25) is 0 Å². The lowest BCUT2D eigenvalue weighted by molar-refractivity contribution is -0.274. The normalized spacial score (nSPS) is 17.3. The maximum absolute atomic E-state index is 12.9. The molecular weight excluding hydrogens is 464 g/mol. The SMILES string of the molecule is N#Cc1cc(S(=O)(=O)NC2CCN(c3cccc(OC(F)(F)F)c3)C2)ccc1C(F)(F)F. The second kappa shape index (κ2) is 8.51. The largest absolute Gasteiger partial charge is 0.573 e. The monoisotopic (exact) mass is 479 g/mol. The number of hydrogen-bond donors (Lipinski definition) is 1. The van der Waals surface area contributed by atoms with Gasteiger partial charge in [-0.15, -0.1) is 13.2 Å². The molecule has 13 heteroatoms. The standard InChI is InChI=1S/C19H15F6N3O3S/c20-18(21,22)17-5-4-16(8-12(17)10-26)32(29,30)27-13-6-7-28(11-13)14-2-1-3-15(9-14)31-19(23,24)25/h1-5,8-9,13,27H,6-7,11H2. The molecule has 0 spiro atoms. The highest BCUT2D eigenvalue weighted by Crippen LogP contribution is 2.33. The Morgan fingerprint density at radius 2 is 1.81 bits per heavy atom. The number of hydrogen-bond acceptors (Lipinski definition) is 5. The smallest absolute Gasteiger partial charge is 0.406 e. The molecular formula is C19H15F6N3O3S. The first-order valence-corrected chi connectivity index (χ1v) is 10.5. The number of benzene rings is 2. The third-order valence-corrected chi connectivity index (χ3v) is 6.17. The van der Waals surface area contributed by atoms with Gasteiger partial charge in [0.1, 0.15) is 5.75 Å². The number of halogens is 6. The molecule has 0 aromatic heterocycles. The summed E-state index contributed by atoms with van der Waals surface area (Å²) in [5.74, 6) is -0.423. The molecule has 1 fully saturated rings. The predicted molar refractivity (Wildman–Crippen MR) is 100 cm³/mol. The molecule has 6 nitrogen and oxygen atoms in total. The van der Waals surface area contributed by atoms with Crippen LogP contribution in [0.5, 0.6) is 5.75 Å². The number of rotatable bonds is 5. The van der Waals surface area contributed by atoms with E-state index in [9.17, 15) is 34.8 Å². The van der Waals surface area contributed by atoms with E-state index in [1.165, 1.54) is 24.3 Å². The highest BCUT2D eigenvalue weighted by molar-refractivity contribution is 7.89. The van der Waals surface area contributed by atoms with Crippen LogP contribution in [0.25, 0.3) is 0 Å². The second-order valence-corrected chi connectivity index (χ2v) is 8.63. The van der Waals surface area contributed by atoms with Crippen molar-refractivity contribution in [2.24, 2.45) is 0 Å². The average Bonchev–Trinajstić information content (AvgIpc) is 3.13. The summed E-state index contributed by atoms with van der Waals surface area (Å²) in [4.78, 5) is 1.14. The van der Waals surface area contributed by atoms with E-state index in [1.807, 2.05) is 0 Å². The number of alkyl halides is 6. The van der Waals surface area contributed by atoms with Gasteiger partial charge in [0, 0.05) is 30.9 Å². The molecule has 2 aromatic rings. The summed E-state index contributed by atoms with van der Waals surface area (Å²) in [7, 11) is -4.24. The number of nitrogens with one attached hydrogen (secondary N) is 1. The number of ether oxygens (including phenoxy) is 1. The van der Waals surface area contributed by atoms with Gasteiger partial charge < -0.3 is 9.64 Å². The number of sulfonamides is 1. The molecule has 0 radical (unpaired) electrons. The van der Waals surface area contributed by atoms with Gasteiger partial charge in [-0.1, -0.05) is 6.07 Å². The van der Waals surface area contributed by atoms with Gasteiger partial charge in [0.05, 0.1) is 22.1 Å². The van der Waals surface area contributed by atoms with Crippen LogP contribution >= 0.6 is 0 Å². The number of nitrogens with zero attached hydrogens (tertiary/aromatic N) is 2. The summed E-state index contributed by atoms with van der Waals surface area (Å²) in [5, 5.41) is 8.96. The summed E-state index contributed by atoms with van der Waals surface area (Å²) in [5.41, 5.74) is -1.68.